The average molecular weight is 699 g/mol. The largest absolute Gasteiger partial charge is 0.432 e. The van der Waals surface area contributed by atoms with Gasteiger partial charge in [-0.2, -0.15) is 0 Å². The van der Waals surface area contributed by atoms with Crippen LogP contribution < -0.4 is 0 Å². The van der Waals surface area contributed by atoms with Crippen LogP contribution >= 0.6 is 0 Å². The summed E-state index contributed by atoms with van der Waals surface area (Å²) in [7, 11) is 0. The van der Waals surface area contributed by atoms with Crippen molar-refractivity contribution in [2.45, 2.75) is 154 Å². The number of hydrogen-bond acceptors (Lipinski definition) is 12. The molecule has 49 heavy (non-hydrogen) atoms. The van der Waals surface area contributed by atoms with Gasteiger partial charge in [0.25, 0.3) is 0 Å². The van der Waals surface area contributed by atoms with Crippen LogP contribution in [-0.2, 0) is 14.3 Å². The summed E-state index contributed by atoms with van der Waals surface area (Å²) in [5, 5.41) is 96.9. The highest BCUT2D eigenvalue weighted by molar-refractivity contribution is 5.78. The van der Waals surface area contributed by atoms with Crippen LogP contribution in [0.1, 0.15) is 99.3 Å². The van der Waals surface area contributed by atoms with Crippen molar-refractivity contribution in [3.8, 4) is 0 Å². The van der Waals surface area contributed by atoms with Crippen LogP contribution in [0.3, 0.4) is 0 Å². The van der Waals surface area contributed by atoms with Crippen LogP contribution in [0.15, 0.2) is 0 Å². The Balaban J connectivity index is 1.26. The van der Waals surface area contributed by atoms with Gasteiger partial charge in [-0.15, -0.1) is 0 Å². The van der Waals surface area contributed by atoms with Crippen molar-refractivity contribution in [1.29, 1.82) is 0 Å². The minimum Gasteiger partial charge on any atom is -0.432 e. The third kappa shape index (κ3) is 4.94. The third-order valence-electron chi connectivity index (χ3n) is 16.4. The molecule has 1 aliphatic heterocycles. The third-order valence-corrected chi connectivity index (χ3v) is 16.4. The van der Waals surface area contributed by atoms with E-state index in [-0.39, 0.29) is 52.9 Å². The molecule has 0 aromatic carbocycles. The number of esters is 1. The van der Waals surface area contributed by atoms with Gasteiger partial charge in [0.1, 0.15) is 24.4 Å². The van der Waals surface area contributed by atoms with Gasteiger partial charge in [0.2, 0.25) is 6.29 Å². The lowest BCUT2D eigenvalue weighted by Gasteiger charge is -2.63. The van der Waals surface area contributed by atoms with Crippen molar-refractivity contribution in [1.82, 2.24) is 0 Å². The molecule has 6 aliphatic rings. The molecule has 2 spiro atoms. The molecule has 1 saturated heterocycles. The predicted molar refractivity (Wildman–Crippen MR) is 175 cm³/mol. The Kier molecular flexibility index (Phi) is 9.50. The molecule has 18 atom stereocenters. The number of carbonyl (C=O) groups is 1. The zero-order valence-electron chi connectivity index (χ0n) is 30.0. The van der Waals surface area contributed by atoms with Crippen LogP contribution in [0.4, 0.5) is 0 Å². The Morgan fingerprint density at radius 3 is 2.16 bits per heavy atom. The Morgan fingerprint density at radius 1 is 0.898 bits per heavy atom. The van der Waals surface area contributed by atoms with Crippen LogP contribution in [0.2, 0.25) is 0 Å². The summed E-state index contributed by atoms with van der Waals surface area (Å²) in [5.41, 5.74) is -4.03. The number of ether oxygens (including phenoxy) is 2. The van der Waals surface area contributed by atoms with Crippen molar-refractivity contribution in [2.24, 2.45) is 56.7 Å². The second-order valence-corrected chi connectivity index (χ2v) is 18.3. The lowest BCUT2D eigenvalue weighted by Crippen LogP contribution is -2.65. The SMILES string of the molecule is CC(C)[C@](O)(CO)CC[C@@H](C)[C@H]1[C@H](O)C[C@@]2(C)[C@@H]3CCC4[C@](C)(C(=O)O[C@@H]5O[C@H](CO)[C@@H](O)[C@H](O)[C@H]5O)[C@@H](O)C[C@H](O)[C@@]45C[C@@]35CC[C@]12C. The van der Waals surface area contributed by atoms with Crippen molar-refractivity contribution in [3.63, 3.8) is 0 Å². The topological polar surface area (TPSA) is 218 Å². The minimum atomic E-state index is -1.77. The summed E-state index contributed by atoms with van der Waals surface area (Å²) >= 11 is 0. The average Bonchev–Trinajstić information content (AvgIpc) is 3.69. The van der Waals surface area contributed by atoms with Gasteiger partial charge >= 0.3 is 5.97 Å². The molecule has 0 aromatic rings. The number of carbonyl (C=O) groups excluding carboxylic acids is 1. The Bertz CT molecular complexity index is 1260. The van der Waals surface area contributed by atoms with Crippen molar-refractivity contribution < 1.29 is 60.2 Å². The molecule has 12 nitrogen and oxygen atoms in total. The first-order valence-corrected chi connectivity index (χ1v) is 18.6. The number of hydrogen-bond donors (Lipinski definition) is 9. The highest BCUT2D eigenvalue weighted by atomic mass is 16.7. The van der Waals surface area contributed by atoms with Crippen LogP contribution in [0, 0.1) is 56.7 Å². The van der Waals surface area contributed by atoms with Gasteiger partial charge < -0.3 is 55.4 Å². The van der Waals surface area contributed by atoms with E-state index in [1.165, 1.54) is 0 Å². The van der Waals surface area contributed by atoms with E-state index in [9.17, 15) is 50.8 Å². The van der Waals surface area contributed by atoms with Crippen molar-refractivity contribution >= 4 is 5.97 Å². The standard InChI is InChI=1S/C37H62O12/c1-18(2)36(47,17-39)10-9-19(3)26-20(40)14-33(5)22-7-8-23-34(6,31(46)49-30-29(45)28(44)27(43)21(15-38)48-30)24(41)13-25(42)37(23)16-35(22,37)12-11-32(26,33)4/h18-30,38-45,47H,7-17H2,1-6H3/t19-,20-,21-,22+,23?,24+,25+,26+,27-,28+,29-,30+,32-,33+,34+,35+,36-,37-/m1/s1. The predicted octanol–water partition coefficient (Wildman–Crippen LogP) is 0.847. The molecule has 0 amide bonds. The monoisotopic (exact) mass is 698 g/mol. The maximum atomic E-state index is 14.1. The van der Waals surface area contributed by atoms with Gasteiger partial charge in [-0.25, -0.2) is 0 Å². The van der Waals surface area contributed by atoms with Gasteiger partial charge in [-0.3, -0.25) is 4.79 Å². The van der Waals surface area contributed by atoms with E-state index in [4.69, 9.17) is 9.47 Å². The zero-order chi connectivity index (χ0) is 36.3. The summed E-state index contributed by atoms with van der Waals surface area (Å²) < 4.78 is 11.2. The lowest BCUT2D eigenvalue weighted by atomic mass is 9.41. The Labute approximate surface area is 289 Å². The zero-order valence-corrected chi connectivity index (χ0v) is 30.0. The Hall–Kier alpha value is -0.930. The molecule has 5 saturated carbocycles. The smallest absolute Gasteiger partial charge is 0.317 e. The lowest BCUT2D eigenvalue weighted by molar-refractivity contribution is -0.300. The Morgan fingerprint density at radius 2 is 1.55 bits per heavy atom. The number of aliphatic hydroxyl groups is 9. The molecule has 0 radical (unpaired) electrons. The summed E-state index contributed by atoms with van der Waals surface area (Å²) in [6.07, 6.45) is -5.28. The number of fused-ring (bicyclic) bond motifs is 2. The first kappa shape index (κ1) is 37.8. The highest BCUT2D eigenvalue weighted by Crippen LogP contribution is 2.89. The van der Waals surface area contributed by atoms with Crippen molar-refractivity contribution in [3.05, 3.63) is 0 Å². The molecule has 9 N–H and O–H groups in total. The van der Waals surface area contributed by atoms with Gasteiger partial charge in [-0.1, -0.05) is 34.6 Å². The second-order valence-electron chi connectivity index (χ2n) is 18.3. The maximum absolute atomic E-state index is 14.1. The maximum Gasteiger partial charge on any atom is 0.317 e. The van der Waals surface area contributed by atoms with E-state index in [1.54, 1.807) is 6.92 Å². The molecule has 282 valence electrons. The molecule has 1 heterocycles. The fraction of sp³-hybridized carbons (Fsp3) is 0.973. The van der Waals surface area contributed by atoms with E-state index in [0.29, 0.717) is 32.1 Å². The highest BCUT2D eigenvalue weighted by Gasteiger charge is 2.86. The van der Waals surface area contributed by atoms with Gasteiger partial charge in [0.05, 0.1) is 42.5 Å². The molecule has 0 bridgehead atoms. The van der Waals surface area contributed by atoms with E-state index >= 15 is 0 Å². The number of rotatable bonds is 9. The van der Waals surface area contributed by atoms with E-state index in [2.05, 4.69) is 20.8 Å². The fourth-order valence-electron chi connectivity index (χ4n) is 13.1. The molecule has 6 fully saturated rings. The number of aliphatic hydroxyl groups excluding tert-OH is 8. The van der Waals surface area contributed by atoms with Gasteiger partial charge in [0, 0.05) is 11.8 Å². The van der Waals surface area contributed by atoms with Gasteiger partial charge in [0.15, 0.2) is 0 Å². The molecule has 6 rings (SSSR count). The van der Waals surface area contributed by atoms with E-state index in [0.717, 1.165) is 19.3 Å². The van der Waals surface area contributed by atoms with Crippen LogP contribution in [-0.4, -0.2) is 120 Å². The molecular weight excluding hydrogens is 636 g/mol. The van der Waals surface area contributed by atoms with Crippen molar-refractivity contribution in [2.75, 3.05) is 13.2 Å². The second kappa shape index (κ2) is 12.3. The minimum absolute atomic E-state index is 0.00531. The summed E-state index contributed by atoms with van der Waals surface area (Å²) in [4.78, 5) is 14.1. The first-order valence-electron chi connectivity index (χ1n) is 18.6. The molecule has 1 unspecified atom stereocenters. The van der Waals surface area contributed by atoms with Gasteiger partial charge in [-0.05, 0) is 104 Å². The molecule has 0 aromatic heterocycles. The fourth-order valence-corrected chi connectivity index (χ4v) is 13.1. The van der Waals surface area contributed by atoms with Crippen LogP contribution in [0.5, 0.6) is 0 Å². The first-order chi connectivity index (χ1) is 22.8. The van der Waals surface area contributed by atoms with E-state index in [1.807, 2.05) is 13.8 Å². The summed E-state index contributed by atoms with van der Waals surface area (Å²) in [6.45, 7) is 11.3. The molecular formula is C37H62O12. The molecule has 12 heteroatoms. The quantitative estimate of drug-likeness (QED) is 0.153. The normalized spacial score (nSPS) is 53.8. The summed E-state index contributed by atoms with van der Waals surface area (Å²) in [6, 6.07) is 0. The summed E-state index contributed by atoms with van der Waals surface area (Å²) in [5.74, 6) is -1.09. The van der Waals surface area contributed by atoms with E-state index < -0.39 is 83.9 Å². The van der Waals surface area contributed by atoms with Crippen LogP contribution in [0.25, 0.3) is 0 Å². The molecule has 5 aliphatic carbocycles.